The summed E-state index contributed by atoms with van der Waals surface area (Å²) < 4.78 is 45.6. The molecule has 0 aliphatic rings. The van der Waals surface area contributed by atoms with Crippen LogP contribution < -0.4 is 0 Å². The van der Waals surface area contributed by atoms with Crippen molar-refractivity contribution < 1.29 is 26.6 Å². The van der Waals surface area contributed by atoms with Crippen molar-refractivity contribution >= 4 is 102 Å². The first-order chi connectivity index (χ1) is 41.4. The van der Waals surface area contributed by atoms with Crippen LogP contribution in [0, 0.1) is 0 Å². The van der Waals surface area contributed by atoms with Crippen molar-refractivity contribution in [1.29, 1.82) is 0 Å². The highest BCUT2D eigenvalue weighted by Gasteiger charge is 2.46. The van der Waals surface area contributed by atoms with Crippen LogP contribution >= 0.6 is 63.9 Å². The molecule has 2 aromatic heterocycles. The molecule has 0 saturated heterocycles. The summed E-state index contributed by atoms with van der Waals surface area (Å²) in [6, 6.07) is 18.8. The standard InChI is InChI=1S/C68H120N2O6S6Si2/c1-7-13-19-25-31-41-51-71-83(72-52-42-32-26-20-14-8-2,73-53-43-33-27-21-15-9-3)59-61(67-69-63-47-37-39-49-65(63)79-67)57-77-81-82-78-58-62(68-70-64-48-38-40-50-66(64)80-68)60-84(74-54-44-34-28-22-16-10-4,75-55-45-35-29-23-17-11-5)76-56-46-36-30-24-18-12-6/h37-40,47-50,61-62H,7-36,41-46,51-60H2,1-6H3. The van der Waals surface area contributed by atoms with E-state index in [0.29, 0.717) is 39.6 Å². The molecule has 0 bridgehead atoms. The Morgan fingerprint density at radius 2 is 0.571 bits per heavy atom. The second-order valence-electron chi connectivity index (χ2n) is 23.6. The Labute approximate surface area is 540 Å². The van der Waals surface area contributed by atoms with Crippen molar-refractivity contribution in [2.45, 2.75) is 297 Å². The fourth-order valence-corrected chi connectivity index (χ4v) is 26.0. The first kappa shape index (κ1) is 76.3. The van der Waals surface area contributed by atoms with Crippen molar-refractivity contribution in [2.75, 3.05) is 51.1 Å². The van der Waals surface area contributed by atoms with E-state index in [4.69, 9.17) is 36.5 Å². The average molecular weight is 1310 g/mol. The molecule has 84 heavy (non-hydrogen) atoms. The molecule has 0 aliphatic carbocycles. The van der Waals surface area contributed by atoms with Crippen LogP contribution in [-0.2, 0) is 26.6 Å². The maximum atomic E-state index is 7.19. The van der Waals surface area contributed by atoms with Crippen LogP contribution in [0.25, 0.3) is 20.4 Å². The van der Waals surface area contributed by atoms with Gasteiger partial charge in [0.05, 0.1) is 30.4 Å². The topological polar surface area (TPSA) is 81.2 Å². The summed E-state index contributed by atoms with van der Waals surface area (Å²) in [5.41, 5.74) is 2.16. The monoisotopic (exact) mass is 1310 g/mol. The molecule has 2 atom stereocenters. The molecule has 0 N–H and O–H groups in total. The van der Waals surface area contributed by atoms with Crippen molar-refractivity contribution in [3.05, 3.63) is 58.5 Å². The van der Waals surface area contributed by atoms with E-state index < -0.39 is 17.6 Å². The average Bonchev–Trinajstić information content (AvgIpc) is 4.02. The first-order valence-electron chi connectivity index (χ1n) is 34.6. The zero-order valence-corrected chi connectivity index (χ0v) is 61.0. The summed E-state index contributed by atoms with van der Waals surface area (Å²) in [4.78, 5) is 10.7. The van der Waals surface area contributed by atoms with Gasteiger partial charge in [0.25, 0.3) is 0 Å². The number of aromatic nitrogens is 2. The van der Waals surface area contributed by atoms with E-state index in [1.165, 1.54) is 212 Å². The van der Waals surface area contributed by atoms with Gasteiger partial charge in [-0.2, -0.15) is 0 Å². The number of nitrogens with zero attached hydrogens (tertiary/aromatic N) is 2. The van der Waals surface area contributed by atoms with E-state index in [2.05, 4.69) is 90.1 Å². The Bertz CT molecular complexity index is 1820. The fraction of sp³-hybridized carbons (Fsp3) is 0.794. The van der Waals surface area contributed by atoms with E-state index in [1.54, 1.807) is 0 Å². The van der Waals surface area contributed by atoms with Crippen molar-refractivity contribution in [3.63, 3.8) is 0 Å². The Kier molecular flexibility index (Phi) is 46.7. The normalized spacial score (nSPS) is 13.1. The van der Waals surface area contributed by atoms with Crippen molar-refractivity contribution in [1.82, 2.24) is 9.97 Å². The van der Waals surface area contributed by atoms with Gasteiger partial charge in [-0.05, 0) is 82.4 Å². The molecule has 8 nitrogen and oxygen atoms in total. The molecule has 0 fully saturated rings. The summed E-state index contributed by atoms with van der Waals surface area (Å²) in [6.45, 7) is 18.0. The lowest BCUT2D eigenvalue weighted by atomic mass is 10.1. The van der Waals surface area contributed by atoms with E-state index in [0.717, 1.165) is 73.2 Å². The molecule has 16 heteroatoms. The van der Waals surface area contributed by atoms with E-state index in [1.807, 2.05) is 63.9 Å². The lowest BCUT2D eigenvalue weighted by molar-refractivity contribution is 0.0533. The van der Waals surface area contributed by atoms with Gasteiger partial charge >= 0.3 is 17.6 Å². The number of hydrogen-bond donors (Lipinski definition) is 0. The summed E-state index contributed by atoms with van der Waals surface area (Å²) in [5, 5.41) is 2.35. The third-order valence-corrected chi connectivity index (χ3v) is 30.8. The van der Waals surface area contributed by atoms with Gasteiger partial charge in [-0.15, -0.1) is 22.7 Å². The predicted molar refractivity (Wildman–Crippen MR) is 382 cm³/mol. The van der Waals surface area contributed by atoms with Gasteiger partial charge in [0, 0.05) is 75.1 Å². The molecule has 2 unspecified atom stereocenters. The number of unbranched alkanes of at least 4 members (excludes halogenated alkanes) is 30. The molecule has 0 spiro atoms. The van der Waals surface area contributed by atoms with Gasteiger partial charge in [-0.3, -0.25) is 0 Å². The van der Waals surface area contributed by atoms with Crippen LogP contribution in [0.3, 0.4) is 0 Å². The molecule has 0 amide bonds. The van der Waals surface area contributed by atoms with Gasteiger partial charge in [-0.1, -0.05) is 280 Å². The van der Waals surface area contributed by atoms with Gasteiger partial charge in [0.1, 0.15) is 0 Å². The summed E-state index contributed by atoms with van der Waals surface area (Å²) >= 11 is 3.69. The largest absolute Gasteiger partial charge is 0.501 e. The van der Waals surface area contributed by atoms with Crippen LogP contribution in [0.4, 0.5) is 0 Å². The Hall–Kier alpha value is -0.186. The highest BCUT2D eigenvalue weighted by atomic mass is 33.7. The number of para-hydroxylation sites is 2. The van der Waals surface area contributed by atoms with Crippen LogP contribution in [0.1, 0.15) is 295 Å². The van der Waals surface area contributed by atoms with Gasteiger partial charge in [0.2, 0.25) is 0 Å². The zero-order chi connectivity index (χ0) is 59.7. The van der Waals surface area contributed by atoms with Crippen LogP contribution in [0.5, 0.6) is 0 Å². The Morgan fingerprint density at radius 1 is 0.333 bits per heavy atom. The molecule has 4 rings (SSSR count). The van der Waals surface area contributed by atoms with E-state index in [9.17, 15) is 0 Å². The molecule has 2 heterocycles. The number of benzene rings is 2. The van der Waals surface area contributed by atoms with Gasteiger partial charge < -0.3 is 26.6 Å². The second-order valence-corrected chi connectivity index (χ2v) is 37.1. The summed E-state index contributed by atoms with van der Waals surface area (Å²) in [6.07, 6.45) is 44.2. The van der Waals surface area contributed by atoms with E-state index >= 15 is 0 Å². The predicted octanol–water partition coefficient (Wildman–Crippen LogP) is 24.6. The number of thiazole rings is 2. The maximum absolute atomic E-state index is 7.19. The quantitative estimate of drug-likeness (QED) is 0.0240. The molecule has 4 aromatic rings. The molecule has 482 valence electrons. The smallest absolute Gasteiger partial charge is 0.373 e. The molecular formula is C68H120N2O6S6Si2. The summed E-state index contributed by atoms with van der Waals surface area (Å²) in [7, 11) is 1.42. The highest BCUT2D eigenvalue weighted by molar-refractivity contribution is 9.26. The lowest BCUT2D eigenvalue weighted by Gasteiger charge is -2.32. The minimum atomic E-state index is -3.15. The minimum Gasteiger partial charge on any atom is -0.373 e. The molecular weight excluding hydrogens is 1190 g/mol. The van der Waals surface area contributed by atoms with Gasteiger partial charge in [-0.25, -0.2) is 9.97 Å². The van der Waals surface area contributed by atoms with Crippen LogP contribution in [0.2, 0.25) is 12.1 Å². The summed E-state index contributed by atoms with van der Waals surface area (Å²) in [5.74, 6) is 2.07. The lowest BCUT2D eigenvalue weighted by Crippen LogP contribution is -2.48. The second kappa shape index (κ2) is 51.4. The molecule has 0 saturated carbocycles. The molecule has 0 radical (unpaired) electrons. The number of fused-ring (bicyclic) bond motifs is 2. The maximum Gasteiger partial charge on any atom is 0.501 e. The van der Waals surface area contributed by atoms with Crippen LogP contribution in [-0.4, -0.2) is 78.7 Å². The minimum absolute atomic E-state index is 0.134. The molecule has 0 aliphatic heterocycles. The van der Waals surface area contributed by atoms with Crippen molar-refractivity contribution in [3.8, 4) is 0 Å². The highest BCUT2D eigenvalue weighted by Crippen LogP contribution is 2.49. The molecule has 2 aromatic carbocycles. The van der Waals surface area contributed by atoms with Crippen LogP contribution in [0.15, 0.2) is 48.5 Å². The van der Waals surface area contributed by atoms with Gasteiger partial charge in [0.15, 0.2) is 0 Å². The third kappa shape index (κ3) is 34.3. The number of hydrogen-bond acceptors (Lipinski definition) is 14. The Morgan fingerprint density at radius 3 is 0.821 bits per heavy atom. The van der Waals surface area contributed by atoms with Crippen molar-refractivity contribution in [2.24, 2.45) is 0 Å². The first-order valence-corrected chi connectivity index (χ1v) is 45.2. The fourth-order valence-electron chi connectivity index (χ4n) is 10.7. The third-order valence-electron chi connectivity index (χ3n) is 15.9. The number of rotatable bonds is 61. The zero-order valence-electron chi connectivity index (χ0n) is 54.1. The Balaban J connectivity index is 1.58. The van der Waals surface area contributed by atoms with E-state index in [-0.39, 0.29) is 11.8 Å². The SMILES string of the molecule is CCCCCCCCO[Si](CC(CSSSSCC(C[Si](OCCCCCCCC)(OCCCCCCCC)OCCCCCCCC)c1nc2ccccc2s1)c1nc2ccccc2s1)(OCCCCCCCC)OCCCCCCCC.